The molecule has 1 aliphatic heterocycles. The summed E-state index contributed by atoms with van der Waals surface area (Å²) in [6.45, 7) is 5.81. The van der Waals surface area contributed by atoms with Gasteiger partial charge in [0, 0.05) is 63.8 Å². The Balaban J connectivity index is 0.000000197. The maximum absolute atomic E-state index is 13.3. The number of carbonyl (C=O) groups excluding carboxylic acids is 2. The molecule has 0 unspecified atom stereocenters. The van der Waals surface area contributed by atoms with Crippen molar-refractivity contribution < 1.29 is 71.2 Å². The number of aromatic nitrogens is 4. The van der Waals surface area contributed by atoms with Crippen molar-refractivity contribution in [3.8, 4) is 69.0 Å². The molecule has 8 aromatic rings. The standard InChI is InChI=1S/3C20H22N2O5.CH4/c1-11-14(24-3)8-7-13-17(21-22(2)18(11)13)19(23)12-9-15(25-4)20(27-6)16(10-12)26-5;1-11-14(23-2)8-7-13-17(11)21-22-18(13)19(26-5)12-9-15(24-3)20(27-6)16(10-12)25-4;1-11-14(24-3)8-7-13-17(11)21-22(2)18(13)19(23)12-9-15(25-4)20(27-6)16(10-12)26-5;/h3*7-10H,1-6H3;1H4/b;19-18-;;. The summed E-state index contributed by atoms with van der Waals surface area (Å²) in [5.74, 6) is 6.49. The van der Waals surface area contributed by atoms with Crippen LogP contribution < -0.4 is 56.8 Å². The Hall–Kier alpha value is -9.66. The molecule has 6 aromatic carbocycles. The van der Waals surface area contributed by atoms with E-state index in [2.05, 4.69) is 20.4 Å². The number of rotatable bonds is 18. The van der Waals surface area contributed by atoms with Gasteiger partial charge in [-0.1, -0.05) is 7.43 Å². The van der Waals surface area contributed by atoms with Gasteiger partial charge >= 0.3 is 0 Å². The number of hydrogen-bond donors (Lipinski definition) is 0. The van der Waals surface area contributed by atoms with E-state index < -0.39 is 0 Å². The predicted molar refractivity (Wildman–Crippen MR) is 312 cm³/mol. The second-order valence-corrected chi connectivity index (χ2v) is 17.8. The lowest BCUT2D eigenvalue weighted by Gasteiger charge is -2.16. The van der Waals surface area contributed by atoms with Gasteiger partial charge in [0.2, 0.25) is 28.8 Å². The molecule has 0 spiro atoms. The second kappa shape index (κ2) is 26.5. The van der Waals surface area contributed by atoms with Crippen LogP contribution in [0.5, 0.6) is 69.0 Å². The molecule has 0 amide bonds. The molecule has 21 nitrogen and oxygen atoms in total. The summed E-state index contributed by atoms with van der Waals surface area (Å²) in [6, 6.07) is 21.4. The van der Waals surface area contributed by atoms with Gasteiger partial charge in [-0.15, -0.1) is 10.2 Å². The quantitative estimate of drug-likeness (QED) is 0.0577. The van der Waals surface area contributed by atoms with E-state index in [1.807, 2.05) is 69.3 Å². The van der Waals surface area contributed by atoms with Crippen molar-refractivity contribution in [2.24, 2.45) is 24.3 Å². The van der Waals surface area contributed by atoms with E-state index in [-0.39, 0.29) is 19.0 Å². The molecule has 82 heavy (non-hydrogen) atoms. The average Bonchev–Trinajstić information content (AvgIpc) is 4.40. The van der Waals surface area contributed by atoms with Crippen LogP contribution in [0.1, 0.15) is 67.3 Å². The topological polar surface area (TPSA) is 214 Å². The fourth-order valence-electron chi connectivity index (χ4n) is 9.60. The number of benzene rings is 6. The van der Waals surface area contributed by atoms with Gasteiger partial charge in [-0.05, 0) is 93.6 Å². The van der Waals surface area contributed by atoms with Crippen molar-refractivity contribution in [1.29, 1.82) is 0 Å². The highest BCUT2D eigenvalue weighted by molar-refractivity contribution is 6.17. The minimum atomic E-state index is -0.232. The molecule has 21 heteroatoms. The number of fused-ring (bicyclic) bond motifs is 3. The summed E-state index contributed by atoms with van der Waals surface area (Å²) < 4.78 is 73.4. The molecule has 0 aliphatic carbocycles. The molecular weight excluding hydrogens is 1060 g/mol. The molecule has 9 rings (SSSR count). The van der Waals surface area contributed by atoms with Crippen molar-refractivity contribution in [3.05, 3.63) is 123 Å². The first-order chi connectivity index (χ1) is 39.0. The van der Waals surface area contributed by atoms with Crippen LogP contribution in [0.4, 0.5) is 5.69 Å². The summed E-state index contributed by atoms with van der Waals surface area (Å²) in [5.41, 5.74) is 8.98. The van der Waals surface area contributed by atoms with Crippen LogP contribution in [0.3, 0.4) is 0 Å². The number of methoxy groups -OCH3 is 13. The molecule has 2 aromatic heterocycles. The Morgan fingerprint density at radius 2 is 0.817 bits per heavy atom. The SMILES string of the molecule is C.CO/C(=C1\N=Nc2c1ccc(OC)c2C)c1cc(OC)c(OC)c(OC)c1.COc1cc(C(=O)c2c3ccc(OC)c(C)c3nn2C)cc(OC)c1OC.COc1cc(C(=O)c2nn(C)c3c(C)c(OC)ccc23)cc(OC)c1OC. The van der Waals surface area contributed by atoms with Gasteiger partial charge in [-0.3, -0.25) is 19.0 Å². The molecular formula is C61H70N6O15. The third-order valence-electron chi connectivity index (χ3n) is 13.6. The van der Waals surface area contributed by atoms with Crippen molar-refractivity contribution in [2.75, 3.05) is 92.4 Å². The van der Waals surface area contributed by atoms with Gasteiger partial charge in [0.25, 0.3) is 0 Å². The van der Waals surface area contributed by atoms with E-state index in [1.165, 1.54) is 42.7 Å². The molecule has 0 saturated carbocycles. The van der Waals surface area contributed by atoms with Crippen molar-refractivity contribution in [3.63, 3.8) is 0 Å². The molecule has 434 valence electrons. The van der Waals surface area contributed by atoms with E-state index in [0.717, 1.165) is 72.6 Å². The molecule has 0 saturated heterocycles. The van der Waals surface area contributed by atoms with Gasteiger partial charge < -0.3 is 61.6 Å². The maximum atomic E-state index is 13.3. The number of carbonyl (C=O) groups is 2. The predicted octanol–water partition coefficient (Wildman–Crippen LogP) is 11.5. The van der Waals surface area contributed by atoms with Crippen LogP contribution in [-0.2, 0) is 18.8 Å². The van der Waals surface area contributed by atoms with Crippen LogP contribution in [0.25, 0.3) is 33.3 Å². The number of aryl methyl sites for hydroxylation is 4. The third kappa shape index (κ3) is 11.4. The molecule has 0 radical (unpaired) electrons. The Labute approximate surface area is 476 Å². The first kappa shape index (κ1) is 61.6. The first-order valence-electron chi connectivity index (χ1n) is 24.9. The lowest BCUT2D eigenvalue weighted by molar-refractivity contribution is 0.102. The lowest BCUT2D eigenvalue weighted by atomic mass is 10.0. The fraction of sp³-hybridized carbons (Fsp3) is 0.311. The molecule has 0 bridgehead atoms. The monoisotopic (exact) mass is 1130 g/mol. The molecule has 3 heterocycles. The van der Waals surface area contributed by atoms with Crippen molar-refractivity contribution in [2.45, 2.75) is 28.2 Å². The number of hydrogen-bond acceptors (Lipinski definition) is 19. The Morgan fingerprint density at radius 1 is 0.415 bits per heavy atom. The summed E-state index contributed by atoms with van der Waals surface area (Å²) in [5, 5.41) is 19.2. The smallest absolute Gasteiger partial charge is 0.214 e. The fourth-order valence-corrected chi connectivity index (χ4v) is 9.60. The summed E-state index contributed by atoms with van der Waals surface area (Å²) in [7, 11) is 23.8. The van der Waals surface area contributed by atoms with Gasteiger partial charge in [-0.2, -0.15) is 10.2 Å². The largest absolute Gasteiger partial charge is 0.496 e. The highest BCUT2D eigenvalue weighted by atomic mass is 16.5. The Morgan fingerprint density at radius 3 is 1.26 bits per heavy atom. The highest BCUT2D eigenvalue weighted by Gasteiger charge is 2.28. The zero-order valence-electron chi connectivity index (χ0n) is 48.7. The summed E-state index contributed by atoms with van der Waals surface area (Å²) in [6.07, 6.45) is 0. The highest BCUT2D eigenvalue weighted by Crippen LogP contribution is 2.47. The lowest BCUT2D eigenvalue weighted by Crippen LogP contribution is -2.09. The zero-order valence-corrected chi connectivity index (χ0v) is 48.7. The number of ketones is 2. The second-order valence-electron chi connectivity index (χ2n) is 17.8. The van der Waals surface area contributed by atoms with Gasteiger partial charge in [-0.25, -0.2) is 0 Å². The number of azo groups is 1. The minimum absolute atomic E-state index is 0. The van der Waals surface area contributed by atoms with Crippen molar-refractivity contribution in [1.82, 2.24) is 19.6 Å². The maximum Gasteiger partial charge on any atom is 0.214 e. The minimum Gasteiger partial charge on any atom is -0.496 e. The molecule has 1 aliphatic rings. The Bertz CT molecular complexity index is 3670. The van der Waals surface area contributed by atoms with E-state index in [9.17, 15) is 9.59 Å². The third-order valence-corrected chi connectivity index (χ3v) is 13.6. The van der Waals surface area contributed by atoms with Gasteiger partial charge in [0.05, 0.1) is 103 Å². The van der Waals surface area contributed by atoms with Crippen LogP contribution >= 0.6 is 0 Å². The molecule has 0 N–H and O–H groups in total. The average molecular weight is 1130 g/mol. The summed E-state index contributed by atoms with van der Waals surface area (Å²) >= 11 is 0. The van der Waals surface area contributed by atoms with Crippen LogP contribution in [0.2, 0.25) is 0 Å². The van der Waals surface area contributed by atoms with Gasteiger partial charge in [0.15, 0.2) is 40.3 Å². The van der Waals surface area contributed by atoms with E-state index >= 15 is 0 Å². The number of nitrogens with zero attached hydrogens (tertiary/aromatic N) is 6. The first-order valence-corrected chi connectivity index (χ1v) is 24.9. The number of ether oxygens (including phenoxy) is 13. The van der Waals surface area contributed by atoms with E-state index in [4.69, 9.17) is 61.6 Å². The van der Waals surface area contributed by atoms with Crippen LogP contribution in [0, 0.1) is 20.8 Å². The summed E-state index contributed by atoms with van der Waals surface area (Å²) in [4.78, 5) is 26.5. The van der Waals surface area contributed by atoms with E-state index in [0.29, 0.717) is 85.7 Å². The Kier molecular flexibility index (Phi) is 19.9. The van der Waals surface area contributed by atoms with Crippen molar-refractivity contribution >= 4 is 50.5 Å². The van der Waals surface area contributed by atoms with Crippen LogP contribution in [0.15, 0.2) is 83.0 Å². The zero-order chi connectivity index (χ0) is 59.0. The molecule has 0 atom stereocenters. The van der Waals surface area contributed by atoms with Crippen LogP contribution in [-0.4, -0.2) is 124 Å². The van der Waals surface area contributed by atoms with Gasteiger partial charge in [0.1, 0.15) is 40.0 Å². The normalized spacial score (nSPS) is 11.6. The van der Waals surface area contributed by atoms with E-state index in [1.54, 1.807) is 97.5 Å². The molecule has 0 fully saturated rings.